The summed E-state index contributed by atoms with van der Waals surface area (Å²) in [7, 11) is 1.42. The zero-order chi connectivity index (χ0) is 23.2. The largest absolute Gasteiger partial charge is 0.465 e. The van der Waals surface area contributed by atoms with Gasteiger partial charge in [-0.25, -0.2) is 4.79 Å². The molecule has 2 aromatic rings. The van der Waals surface area contributed by atoms with Crippen molar-refractivity contribution in [2.75, 3.05) is 7.11 Å². The first-order valence-electron chi connectivity index (χ1n) is 11.4. The Bertz CT molecular complexity index is 931. The molecule has 0 fully saturated rings. The third-order valence-corrected chi connectivity index (χ3v) is 7.01. The van der Waals surface area contributed by atoms with Gasteiger partial charge < -0.3 is 9.84 Å². The molecule has 31 heavy (non-hydrogen) atoms. The molecule has 0 spiro atoms. The zero-order valence-corrected chi connectivity index (χ0v) is 20.2. The van der Waals surface area contributed by atoms with Crippen LogP contribution in [0.2, 0.25) is 0 Å². The summed E-state index contributed by atoms with van der Waals surface area (Å²) in [5, 5.41) is 10.6. The van der Waals surface area contributed by atoms with Gasteiger partial charge in [0, 0.05) is 5.41 Å². The van der Waals surface area contributed by atoms with Gasteiger partial charge in [0.15, 0.2) is 0 Å². The number of methoxy groups -OCH3 is 1. The molecule has 1 N–H and O–H groups in total. The minimum Gasteiger partial charge on any atom is -0.465 e. The second kappa shape index (κ2) is 10.3. The van der Waals surface area contributed by atoms with Crippen molar-refractivity contribution in [1.82, 2.24) is 0 Å². The first-order chi connectivity index (χ1) is 14.7. The lowest BCUT2D eigenvalue weighted by Crippen LogP contribution is -2.26. The molecule has 0 saturated carbocycles. The average molecular weight is 423 g/mol. The zero-order valence-electron chi connectivity index (χ0n) is 20.2. The monoisotopic (exact) mass is 422 g/mol. The molecule has 0 aliphatic carbocycles. The Balaban J connectivity index is 2.50. The number of benzene rings is 2. The summed E-state index contributed by atoms with van der Waals surface area (Å²) < 4.78 is 4.91. The predicted molar refractivity (Wildman–Crippen MR) is 130 cm³/mol. The van der Waals surface area contributed by atoms with Crippen molar-refractivity contribution in [2.45, 2.75) is 78.2 Å². The van der Waals surface area contributed by atoms with Gasteiger partial charge in [0.1, 0.15) is 0 Å². The van der Waals surface area contributed by atoms with E-state index in [4.69, 9.17) is 4.74 Å². The van der Waals surface area contributed by atoms with Gasteiger partial charge in [0.2, 0.25) is 0 Å². The van der Waals surface area contributed by atoms with Crippen molar-refractivity contribution in [3.63, 3.8) is 0 Å². The van der Waals surface area contributed by atoms with Crippen molar-refractivity contribution in [3.8, 4) is 0 Å². The summed E-state index contributed by atoms with van der Waals surface area (Å²) >= 11 is 0. The Morgan fingerprint density at radius 3 is 1.90 bits per heavy atom. The Morgan fingerprint density at radius 1 is 0.903 bits per heavy atom. The van der Waals surface area contributed by atoms with Crippen molar-refractivity contribution in [1.29, 1.82) is 0 Å². The Kier molecular flexibility index (Phi) is 8.25. The van der Waals surface area contributed by atoms with Gasteiger partial charge >= 0.3 is 5.97 Å². The van der Waals surface area contributed by atoms with Crippen LogP contribution in [0.15, 0.2) is 42.5 Å². The van der Waals surface area contributed by atoms with Crippen LogP contribution in [-0.4, -0.2) is 23.8 Å². The van der Waals surface area contributed by atoms with Gasteiger partial charge in [-0.2, -0.15) is 0 Å². The standard InChI is InChI=1S/C28H38O3/c1-8-27(30,9-2)17-16-22-12-13-23(18-20(22)5)28(10-3,11-4)24-14-15-25(21(6)19-24)26(29)31-7/h12-19,30H,8-11H2,1-7H3/b17-16+. The minimum atomic E-state index is -0.749. The molecular formula is C28H38O3. The second-order valence-electron chi connectivity index (χ2n) is 8.53. The average Bonchev–Trinajstić information content (AvgIpc) is 2.79. The number of esters is 1. The van der Waals surface area contributed by atoms with Crippen LogP contribution in [0, 0.1) is 13.8 Å². The number of aryl methyl sites for hydroxylation is 2. The number of hydrogen-bond acceptors (Lipinski definition) is 3. The lowest BCUT2D eigenvalue weighted by molar-refractivity contribution is 0.0599. The topological polar surface area (TPSA) is 46.5 Å². The van der Waals surface area contributed by atoms with Crippen molar-refractivity contribution in [3.05, 3.63) is 75.9 Å². The molecule has 0 unspecified atom stereocenters. The van der Waals surface area contributed by atoms with Crippen LogP contribution < -0.4 is 0 Å². The van der Waals surface area contributed by atoms with Crippen molar-refractivity contribution >= 4 is 12.0 Å². The molecule has 3 nitrogen and oxygen atoms in total. The van der Waals surface area contributed by atoms with E-state index in [-0.39, 0.29) is 11.4 Å². The van der Waals surface area contributed by atoms with Crippen LogP contribution in [-0.2, 0) is 10.2 Å². The fourth-order valence-corrected chi connectivity index (χ4v) is 4.42. The number of ether oxygens (including phenoxy) is 1. The van der Waals surface area contributed by atoms with Crippen LogP contribution in [0.1, 0.15) is 91.6 Å². The fraction of sp³-hybridized carbons (Fsp3) is 0.464. The smallest absolute Gasteiger partial charge is 0.338 e. The third kappa shape index (κ3) is 5.10. The van der Waals surface area contributed by atoms with E-state index in [1.54, 1.807) is 0 Å². The summed E-state index contributed by atoms with van der Waals surface area (Å²) in [5.41, 5.74) is 5.49. The molecule has 0 amide bonds. The van der Waals surface area contributed by atoms with E-state index in [0.29, 0.717) is 18.4 Å². The molecule has 0 aliphatic rings. The number of carbonyl (C=O) groups excluding carboxylic acids is 1. The highest BCUT2D eigenvalue weighted by Gasteiger charge is 2.31. The summed E-state index contributed by atoms with van der Waals surface area (Å²) in [6.07, 6.45) is 7.29. The molecule has 0 saturated heterocycles. The number of hydrogen-bond donors (Lipinski definition) is 1. The normalized spacial score (nSPS) is 12.4. The maximum atomic E-state index is 12.0. The van der Waals surface area contributed by atoms with E-state index < -0.39 is 5.60 Å². The van der Waals surface area contributed by atoms with Gasteiger partial charge in [-0.1, -0.05) is 70.2 Å². The maximum Gasteiger partial charge on any atom is 0.338 e. The molecule has 0 aliphatic heterocycles. The molecule has 0 aromatic heterocycles. The van der Waals surface area contributed by atoms with Crippen LogP contribution in [0.5, 0.6) is 0 Å². The maximum absolute atomic E-state index is 12.0. The number of rotatable bonds is 9. The molecule has 0 radical (unpaired) electrons. The Labute approximate surface area is 188 Å². The highest BCUT2D eigenvalue weighted by atomic mass is 16.5. The summed E-state index contributed by atoms with van der Waals surface area (Å²) in [6.45, 7) is 12.6. The van der Waals surface area contributed by atoms with E-state index in [1.165, 1.54) is 23.8 Å². The lowest BCUT2D eigenvalue weighted by atomic mass is 9.69. The first kappa shape index (κ1) is 24.9. The Morgan fingerprint density at radius 2 is 1.45 bits per heavy atom. The molecule has 2 aromatic carbocycles. The quantitative estimate of drug-likeness (QED) is 0.454. The molecule has 2 rings (SSSR count). The Hall–Kier alpha value is -2.39. The van der Waals surface area contributed by atoms with Crippen molar-refractivity contribution < 1.29 is 14.6 Å². The van der Waals surface area contributed by atoms with E-state index in [9.17, 15) is 9.90 Å². The second-order valence-corrected chi connectivity index (χ2v) is 8.53. The van der Waals surface area contributed by atoms with Crippen LogP contribution in [0.3, 0.4) is 0 Å². The van der Waals surface area contributed by atoms with Gasteiger partial charge in [-0.05, 0) is 73.4 Å². The van der Waals surface area contributed by atoms with E-state index in [2.05, 4.69) is 51.1 Å². The predicted octanol–water partition coefficient (Wildman–Crippen LogP) is 6.76. The molecule has 0 atom stereocenters. The summed E-state index contributed by atoms with van der Waals surface area (Å²) in [5.74, 6) is -0.297. The third-order valence-electron chi connectivity index (χ3n) is 7.01. The number of aliphatic hydroxyl groups is 1. The number of carbonyl (C=O) groups is 1. The van der Waals surface area contributed by atoms with Gasteiger partial charge in [0.05, 0.1) is 18.3 Å². The molecule has 3 heteroatoms. The fourth-order valence-electron chi connectivity index (χ4n) is 4.42. The highest BCUT2D eigenvalue weighted by molar-refractivity contribution is 5.91. The van der Waals surface area contributed by atoms with Gasteiger partial charge in [-0.15, -0.1) is 0 Å². The first-order valence-corrected chi connectivity index (χ1v) is 11.4. The van der Waals surface area contributed by atoms with E-state index in [1.807, 2.05) is 39.0 Å². The molecule has 168 valence electrons. The van der Waals surface area contributed by atoms with Gasteiger partial charge in [0.25, 0.3) is 0 Å². The van der Waals surface area contributed by atoms with E-state index >= 15 is 0 Å². The molecular weight excluding hydrogens is 384 g/mol. The van der Waals surface area contributed by atoms with E-state index in [0.717, 1.165) is 24.0 Å². The van der Waals surface area contributed by atoms with Crippen molar-refractivity contribution in [2.24, 2.45) is 0 Å². The molecule has 0 bridgehead atoms. The molecule has 0 heterocycles. The van der Waals surface area contributed by atoms with Gasteiger partial charge in [-0.3, -0.25) is 0 Å². The lowest BCUT2D eigenvalue weighted by Gasteiger charge is -2.34. The highest BCUT2D eigenvalue weighted by Crippen LogP contribution is 2.40. The summed E-state index contributed by atoms with van der Waals surface area (Å²) in [4.78, 5) is 12.0. The van der Waals surface area contributed by atoms with Crippen LogP contribution >= 0.6 is 0 Å². The van der Waals surface area contributed by atoms with Crippen LogP contribution in [0.4, 0.5) is 0 Å². The summed E-state index contributed by atoms with van der Waals surface area (Å²) in [6, 6.07) is 12.7. The van der Waals surface area contributed by atoms with Crippen LogP contribution in [0.25, 0.3) is 6.08 Å². The minimum absolute atomic E-state index is 0.125. The SMILES string of the molecule is CCC(O)(/C=C/c1ccc(C(CC)(CC)c2ccc(C(=O)OC)c(C)c2)cc1C)CC.